The third-order valence-corrected chi connectivity index (χ3v) is 3.16. The summed E-state index contributed by atoms with van der Waals surface area (Å²) in [5.41, 5.74) is 6.36. The molecule has 0 aliphatic rings. The van der Waals surface area contributed by atoms with Gasteiger partial charge in [0.1, 0.15) is 17.4 Å². The molecule has 0 saturated carbocycles. The first-order valence-electron chi connectivity index (χ1n) is 5.77. The zero-order chi connectivity index (χ0) is 12.9. The Morgan fingerprint density at radius 3 is 2.59 bits per heavy atom. The van der Waals surface area contributed by atoms with Crippen LogP contribution < -0.4 is 11.1 Å². The normalized spacial score (nSPS) is 11.0. The van der Waals surface area contributed by atoms with Crippen molar-refractivity contribution in [2.24, 2.45) is 5.73 Å². The van der Waals surface area contributed by atoms with Gasteiger partial charge in [-0.05, 0) is 25.0 Å². The van der Waals surface area contributed by atoms with E-state index in [1.165, 1.54) is 6.07 Å². The fourth-order valence-corrected chi connectivity index (χ4v) is 1.56. The molecular formula is C13H18FN3. The van der Waals surface area contributed by atoms with Gasteiger partial charge in [0.2, 0.25) is 0 Å². The molecule has 3 nitrogen and oxygen atoms in total. The van der Waals surface area contributed by atoms with Crippen LogP contribution in [0.4, 0.5) is 10.1 Å². The van der Waals surface area contributed by atoms with Crippen LogP contribution in [0.1, 0.15) is 32.3 Å². The third-order valence-electron chi connectivity index (χ3n) is 3.16. The van der Waals surface area contributed by atoms with E-state index in [1.54, 1.807) is 12.1 Å². The maximum absolute atomic E-state index is 13.3. The summed E-state index contributed by atoms with van der Waals surface area (Å²) in [6.45, 7) is 4.56. The lowest BCUT2D eigenvalue weighted by atomic mass is 9.94. The topological polar surface area (TPSA) is 61.8 Å². The van der Waals surface area contributed by atoms with Crippen molar-refractivity contribution in [3.05, 3.63) is 29.6 Å². The number of nitrogens with one attached hydrogen (secondary N) is 1. The fraction of sp³-hybridized carbons (Fsp3) is 0.462. The van der Waals surface area contributed by atoms with E-state index < -0.39 is 5.82 Å². The summed E-state index contributed by atoms with van der Waals surface area (Å²) in [5.74, 6) is -0.506. The number of rotatable bonds is 5. The van der Waals surface area contributed by atoms with E-state index in [9.17, 15) is 4.39 Å². The van der Waals surface area contributed by atoms with Gasteiger partial charge in [-0.3, -0.25) is 0 Å². The third kappa shape index (κ3) is 3.18. The number of nitriles is 1. The zero-order valence-corrected chi connectivity index (χ0v) is 10.3. The predicted molar refractivity (Wildman–Crippen MR) is 67.1 cm³/mol. The van der Waals surface area contributed by atoms with E-state index in [1.807, 2.05) is 19.9 Å². The maximum Gasteiger partial charge on any atom is 0.143 e. The van der Waals surface area contributed by atoms with Crippen LogP contribution in [-0.2, 0) is 0 Å². The summed E-state index contributed by atoms with van der Waals surface area (Å²) in [5, 5.41) is 11.9. The maximum atomic E-state index is 13.3. The Morgan fingerprint density at radius 2 is 2.06 bits per heavy atom. The van der Waals surface area contributed by atoms with Gasteiger partial charge in [-0.2, -0.15) is 5.26 Å². The van der Waals surface area contributed by atoms with Crippen LogP contribution in [0.5, 0.6) is 0 Å². The molecule has 4 heteroatoms. The van der Waals surface area contributed by atoms with Crippen LogP contribution in [0.25, 0.3) is 0 Å². The van der Waals surface area contributed by atoms with Crippen molar-refractivity contribution >= 4 is 5.69 Å². The summed E-state index contributed by atoms with van der Waals surface area (Å²) >= 11 is 0. The summed E-state index contributed by atoms with van der Waals surface area (Å²) in [7, 11) is 0. The molecule has 0 atom stereocenters. The molecule has 0 aliphatic heterocycles. The highest BCUT2D eigenvalue weighted by atomic mass is 19.1. The minimum atomic E-state index is -0.506. The van der Waals surface area contributed by atoms with Crippen LogP contribution in [0, 0.1) is 17.1 Å². The molecule has 0 radical (unpaired) electrons. The highest BCUT2D eigenvalue weighted by Gasteiger charge is 2.20. The van der Waals surface area contributed by atoms with Crippen LogP contribution in [0.3, 0.4) is 0 Å². The lowest BCUT2D eigenvalue weighted by Gasteiger charge is -2.27. The van der Waals surface area contributed by atoms with Crippen molar-refractivity contribution in [1.29, 1.82) is 5.26 Å². The molecule has 0 heterocycles. The molecule has 0 bridgehead atoms. The van der Waals surface area contributed by atoms with E-state index in [0.29, 0.717) is 12.2 Å². The molecule has 0 aromatic heterocycles. The van der Waals surface area contributed by atoms with E-state index in [4.69, 9.17) is 11.0 Å². The van der Waals surface area contributed by atoms with Crippen LogP contribution in [0.15, 0.2) is 18.2 Å². The Labute approximate surface area is 101 Å². The molecule has 0 aliphatic carbocycles. The van der Waals surface area contributed by atoms with Gasteiger partial charge in [-0.1, -0.05) is 19.9 Å². The minimum Gasteiger partial charge on any atom is -0.382 e. The van der Waals surface area contributed by atoms with E-state index in [0.717, 1.165) is 12.8 Å². The molecule has 1 rings (SSSR count). The van der Waals surface area contributed by atoms with Crippen molar-refractivity contribution in [2.45, 2.75) is 32.2 Å². The average molecular weight is 235 g/mol. The molecule has 17 heavy (non-hydrogen) atoms. The molecule has 0 fully saturated rings. The van der Waals surface area contributed by atoms with Gasteiger partial charge in [0.25, 0.3) is 0 Å². The van der Waals surface area contributed by atoms with E-state index in [2.05, 4.69) is 5.32 Å². The van der Waals surface area contributed by atoms with E-state index in [-0.39, 0.29) is 11.1 Å². The second-order valence-corrected chi connectivity index (χ2v) is 4.20. The standard InChI is InChI=1S/C13H18FN3/c1-3-13(16,4-2)9-17-12-7-5-6-11(14)10(12)8-15/h5-7,17H,3-4,9,16H2,1-2H3. The molecule has 92 valence electrons. The lowest BCUT2D eigenvalue weighted by Crippen LogP contribution is -2.45. The predicted octanol–water partition coefficient (Wildman–Crippen LogP) is 2.63. The molecular weight excluding hydrogens is 217 g/mol. The number of nitrogens with zero attached hydrogens (tertiary/aromatic N) is 1. The highest BCUT2D eigenvalue weighted by molar-refractivity contribution is 5.58. The molecule has 1 aromatic rings. The summed E-state index contributed by atoms with van der Waals surface area (Å²) < 4.78 is 13.3. The molecule has 0 spiro atoms. The Hall–Kier alpha value is -1.60. The molecule has 0 saturated heterocycles. The van der Waals surface area contributed by atoms with Crippen molar-refractivity contribution in [3.8, 4) is 6.07 Å². The quantitative estimate of drug-likeness (QED) is 0.824. The second kappa shape index (κ2) is 5.65. The summed E-state index contributed by atoms with van der Waals surface area (Å²) in [6.07, 6.45) is 1.65. The van der Waals surface area contributed by atoms with Gasteiger partial charge in [-0.15, -0.1) is 0 Å². The van der Waals surface area contributed by atoms with Crippen molar-refractivity contribution in [1.82, 2.24) is 0 Å². The van der Waals surface area contributed by atoms with Gasteiger partial charge in [0.15, 0.2) is 0 Å². The first-order chi connectivity index (χ1) is 8.06. The SMILES string of the molecule is CCC(N)(CC)CNc1cccc(F)c1C#N. The smallest absolute Gasteiger partial charge is 0.143 e. The number of nitrogens with two attached hydrogens (primary N) is 1. The largest absolute Gasteiger partial charge is 0.382 e. The minimum absolute atomic E-state index is 0.0436. The first kappa shape index (κ1) is 13.5. The Bertz CT molecular complexity index is 419. The Morgan fingerprint density at radius 1 is 1.41 bits per heavy atom. The monoisotopic (exact) mass is 235 g/mol. The second-order valence-electron chi connectivity index (χ2n) is 4.20. The van der Waals surface area contributed by atoms with Gasteiger partial charge in [0.05, 0.1) is 5.69 Å². The van der Waals surface area contributed by atoms with Gasteiger partial charge in [0, 0.05) is 12.1 Å². The van der Waals surface area contributed by atoms with Gasteiger partial charge in [-0.25, -0.2) is 4.39 Å². The van der Waals surface area contributed by atoms with E-state index >= 15 is 0 Å². The van der Waals surface area contributed by atoms with Crippen LogP contribution in [0.2, 0.25) is 0 Å². The molecule has 3 N–H and O–H groups in total. The van der Waals surface area contributed by atoms with Crippen molar-refractivity contribution in [3.63, 3.8) is 0 Å². The molecule has 0 unspecified atom stereocenters. The van der Waals surface area contributed by atoms with Crippen LogP contribution in [-0.4, -0.2) is 12.1 Å². The van der Waals surface area contributed by atoms with Crippen molar-refractivity contribution < 1.29 is 4.39 Å². The Balaban J connectivity index is 2.83. The summed E-state index contributed by atoms with van der Waals surface area (Å²) in [4.78, 5) is 0. The molecule has 0 amide bonds. The molecule has 1 aromatic carbocycles. The number of halogens is 1. The van der Waals surface area contributed by atoms with Crippen LogP contribution >= 0.6 is 0 Å². The van der Waals surface area contributed by atoms with Crippen molar-refractivity contribution in [2.75, 3.05) is 11.9 Å². The zero-order valence-electron chi connectivity index (χ0n) is 10.3. The number of anilines is 1. The summed E-state index contributed by atoms with van der Waals surface area (Å²) in [6, 6.07) is 6.40. The number of hydrogen-bond donors (Lipinski definition) is 2. The number of benzene rings is 1. The first-order valence-corrected chi connectivity index (χ1v) is 5.77. The fourth-order valence-electron chi connectivity index (χ4n) is 1.56. The van der Waals surface area contributed by atoms with Gasteiger partial charge >= 0.3 is 0 Å². The highest BCUT2D eigenvalue weighted by Crippen LogP contribution is 2.19. The average Bonchev–Trinajstić information content (AvgIpc) is 2.36. The number of hydrogen-bond acceptors (Lipinski definition) is 3. The van der Waals surface area contributed by atoms with Gasteiger partial charge < -0.3 is 11.1 Å². The Kier molecular flexibility index (Phi) is 4.47. The lowest BCUT2D eigenvalue weighted by molar-refractivity contribution is 0.418.